The van der Waals surface area contributed by atoms with Crippen molar-refractivity contribution in [1.82, 2.24) is 19.8 Å². The molecule has 11 nitrogen and oxygen atoms in total. The average molecular weight is 518 g/mol. The lowest BCUT2D eigenvalue weighted by Gasteiger charge is -2.24. The number of carboxylic acids is 1. The number of hydrogen-bond donors (Lipinski definition) is 1. The molecule has 1 amide bonds. The van der Waals surface area contributed by atoms with E-state index in [9.17, 15) is 19.5 Å². The van der Waals surface area contributed by atoms with E-state index in [0.717, 1.165) is 23.1 Å². The average Bonchev–Trinajstić information content (AvgIpc) is 3.33. The van der Waals surface area contributed by atoms with E-state index in [0.29, 0.717) is 22.5 Å². The van der Waals surface area contributed by atoms with E-state index in [1.54, 1.807) is 24.3 Å². The second-order valence-corrected chi connectivity index (χ2v) is 8.33. The van der Waals surface area contributed by atoms with Crippen LogP contribution in [-0.2, 0) is 6.42 Å². The van der Waals surface area contributed by atoms with Gasteiger partial charge in [-0.05, 0) is 65.6 Å². The van der Waals surface area contributed by atoms with Gasteiger partial charge in [-0.2, -0.15) is 4.68 Å². The number of unbranched alkanes of at least 4 members (excludes halogenated alkanes) is 1. The molecule has 0 aliphatic rings. The Balaban J connectivity index is 1.68. The minimum Gasteiger partial charge on any atom is -0.495 e. The monoisotopic (exact) mass is 517 g/mol. The maximum absolute atomic E-state index is 13.7. The number of aromatic carboxylic acids is 1. The summed E-state index contributed by atoms with van der Waals surface area (Å²) in [5, 5.41) is 17.2. The Kier molecular flexibility index (Phi) is 8.17. The third-order valence-corrected chi connectivity index (χ3v) is 5.96. The highest BCUT2D eigenvalue weighted by Gasteiger charge is 2.26. The molecule has 0 saturated heterocycles. The van der Waals surface area contributed by atoms with Crippen LogP contribution >= 0.6 is 0 Å². The molecule has 3 aromatic carbocycles. The normalized spacial score (nSPS) is 10.7. The minimum atomic E-state index is -1.16. The van der Waals surface area contributed by atoms with Gasteiger partial charge in [0.25, 0.3) is 0 Å². The van der Waals surface area contributed by atoms with E-state index in [1.807, 2.05) is 30.3 Å². The molecule has 0 fully saturated rings. The van der Waals surface area contributed by atoms with Crippen LogP contribution in [0.4, 0.5) is 10.5 Å². The van der Waals surface area contributed by atoms with E-state index in [-0.39, 0.29) is 23.5 Å². The number of tetrazole rings is 1. The molecule has 0 bridgehead atoms. The number of amides is 1. The molecule has 1 heterocycles. The number of para-hydroxylation sites is 2. The molecule has 0 unspecified atom stereocenters. The van der Waals surface area contributed by atoms with Gasteiger partial charge < -0.3 is 14.6 Å². The predicted octanol–water partition coefficient (Wildman–Crippen LogP) is 3.64. The summed E-state index contributed by atoms with van der Waals surface area (Å²) in [7, 11) is 2.87. The maximum atomic E-state index is 13.7. The summed E-state index contributed by atoms with van der Waals surface area (Å²) in [6.45, 7) is 0.180. The van der Waals surface area contributed by atoms with Crippen molar-refractivity contribution >= 4 is 17.7 Å². The summed E-state index contributed by atoms with van der Waals surface area (Å²) in [6.07, 6.45) is 2.10. The Morgan fingerprint density at radius 2 is 1.61 bits per heavy atom. The van der Waals surface area contributed by atoms with Crippen molar-refractivity contribution in [3.8, 4) is 17.2 Å². The number of benzene rings is 3. The lowest BCUT2D eigenvalue weighted by Crippen LogP contribution is -2.42. The van der Waals surface area contributed by atoms with Crippen LogP contribution in [0.15, 0.2) is 77.6 Å². The summed E-state index contributed by atoms with van der Waals surface area (Å²) >= 11 is 0. The molecule has 4 rings (SSSR count). The maximum Gasteiger partial charge on any atom is 0.377 e. The van der Waals surface area contributed by atoms with Gasteiger partial charge in [0.2, 0.25) is 0 Å². The SMILES string of the molecule is COc1ccc(C(=O)O)cc1N(CCCCc1ccccc1)C(=O)n1nnn(-c2ccccc2OC)c1=O. The number of nitrogens with zero attached hydrogens (tertiary/aromatic N) is 5. The minimum absolute atomic E-state index is 0.0343. The van der Waals surface area contributed by atoms with Crippen molar-refractivity contribution < 1.29 is 24.2 Å². The number of hydrogen-bond acceptors (Lipinski definition) is 7. The van der Waals surface area contributed by atoms with Gasteiger partial charge in [-0.25, -0.2) is 14.4 Å². The summed E-state index contributed by atoms with van der Waals surface area (Å²) < 4.78 is 12.3. The van der Waals surface area contributed by atoms with Crippen LogP contribution in [0.25, 0.3) is 5.69 Å². The highest BCUT2D eigenvalue weighted by molar-refractivity contribution is 5.97. The number of carbonyl (C=O) groups is 2. The van der Waals surface area contributed by atoms with E-state index < -0.39 is 17.7 Å². The highest BCUT2D eigenvalue weighted by atomic mass is 16.5. The second-order valence-electron chi connectivity index (χ2n) is 8.33. The molecule has 0 aliphatic carbocycles. The second kappa shape index (κ2) is 11.9. The zero-order chi connectivity index (χ0) is 27.1. The number of anilines is 1. The van der Waals surface area contributed by atoms with Crippen LogP contribution in [0.3, 0.4) is 0 Å². The van der Waals surface area contributed by atoms with E-state index in [4.69, 9.17) is 9.47 Å². The topological polar surface area (TPSA) is 129 Å². The molecule has 0 atom stereocenters. The first kappa shape index (κ1) is 26.1. The number of aryl methyl sites for hydroxylation is 1. The quantitative estimate of drug-likeness (QED) is 0.249. The first-order chi connectivity index (χ1) is 18.4. The van der Waals surface area contributed by atoms with Crippen LogP contribution in [0.5, 0.6) is 11.5 Å². The first-order valence-corrected chi connectivity index (χ1v) is 11.9. The van der Waals surface area contributed by atoms with Gasteiger partial charge in [0, 0.05) is 6.54 Å². The van der Waals surface area contributed by atoms with Crippen LogP contribution < -0.4 is 20.1 Å². The summed E-state index contributed by atoms with van der Waals surface area (Å²) in [5.74, 6) is -0.510. The Morgan fingerprint density at radius 3 is 2.32 bits per heavy atom. The lowest BCUT2D eigenvalue weighted by atomic mass is 10.1. The van der Waals surface area contributed by atoms with Gasteiger partial charge in [-0.1, -0.05) is 42.5 Å². The zero-order valence-electron chi connectivity index (χ0n) is 21.0. The molecule has 1 N–H and O–H groups in total. The molecule has 0 radical (unpaired) electrons. The number of rotatable bonds is 10. The summed E-state index contributed by atoms with van der Waals surface area (Å²) in [4.78, 5) is 39.9. The number of aromatic nitrogens is 4. The third kappa shape index (κ3) is 5.56. The van der Waals surface area contributed by atoms with Crippen molar-refractivity contribution in [2.75, 3.05) is 25.7 Å². The van der Waals surface area contributed by atoms with E-state index >= 15 is 0 Å². The summed E-state index contributed by atoms with van der Waals surface area (Å²) in [5.41, 5.74) is 0.844. The third-order valence-electron chi connectivity index (χ3n) is 5.96. The molecule has 0 aliphatic heterocycles. The molecule has 1 aromatic heterocycles. The fourth-order valence-corrected chi connectivity index (χ4v) is 4.03. The van der Waals surface area contributed by atoms with Gasteiger partial charge in [0.05, 0.1) is 25.5 Å². The smallest absolute Gasteiger partial charge is 0.377 e. The number of ether oxygens (including phenoxy) is 2. The molecule has 196 valence electrons. The standard InChI is InChI=1S/C27H27N5O6/c1-37-23-14-7-6-13-21(23)31-27(36)32(29-28-31)26(35)30(17-9-8-12-19-10-4-3-5-11-19)22-18-20(25(33)34)15-16-24(22)38-2/h3-7,10-11,13-16,18H,8-9,12,17H2,1-2H3,(H,33,34). The molecule has 11 heteroatoms. The number of carboxylic acid groups (broad SMARTS) is 1. The number of carbonyl (C=O) groups excluding carboxylic acids is 1. The van der Waals surface area contributed by atoms with E-state index in [2.05, 4.69) is 10.4 Å². The fraction of sp³-hybridized carbons (Fsp3) is 0.222. The van der Waals surface area contributed by atoms with Crippen molar-refractivity contribution in [3.63, 3.8) is 0 Å². The van der Waals surface area contributed by atoms with E-state index in [1.165, 1.54) is 37.3 Å². The van der Waals surface area contributed by atoms with Crippen molar-refractivity contribution in [2.24, 2.45) is 0 Å². The predicted molar refractivity (Wildman–Crippen MR) is 140 cm³/mol. The lowest BCUT2D eigenvalue weighted by molar-refractivity contribution is 0.0696. The van der Waals surface area contributed by atoms with Crippen LogP contribution in [0, 0.1) is 0 Å². The largest absolute Gasteiger partial charge is 0.495 e. The highest BCUT2D eigenvalue weighted by Crippen LogP contribution is 2.30. The van der Waals surface area contributed by atoms with Gasteiger partial charge in [0.1, 0.15) is 17.2 Å². The Labute approximate surface area is 218 Å². The van der Waals surface area contributed by atoms with Gasteiger partial charge in [0.15, 0.2) is 0 Å². The summed E-state index contributed by atoms with van der Waals surface area (Å²) in [6, 6.07) is 20.0. The molecular weight excluding hydrogens is 490 g/mol. The molecule has 0 saturated carbocycles. The van der Waals surface area contributed by atoms with Crippen LogP contribution in [-0.4, -0.2) is 57.7 Å². The van der Waals surface area contributed by atoms with Gasteiger partial charge in [-0.15, -0.1) is 4.68 Å². The zero-order valence-corrected chi connectivity index (χ0v) is 21.0. The Hall–Kier alpha value is -4.93. The first-order valence-electron chi connectivity index (χ1n) is 11.9. The van der Waals surface area contributed by atoms with Gasteiger partial charge >= 0.3 is 17.7 Å². The van der Waals surface area contributed by atoms with Crippen LogP contribution in [0.1, 0.15) is 28.8 Å². The molecular formula is C27H27N5O6. The Morgan fingerprint density at radius 1 is 0.895 bits per heavy atom. The van der Waals surface area contributed by atoms with Crippen molar-refractivity contribution in [3.05, 3.63) is 94.4 Å². The molecule has 0 spiro atoms. The van der Waals surface area contributed by atoms with Crippen molar-refractivity contribution in [1.29, 1.82) is 0 Å². The van der Waals surface area contributed by atoms with Crippen LogP contribution in [0.2, 0.25) is 0 Å². The molecule has 38 heavy (non-hydrogen) atoms. The van der Waals surface area contributed by atoms with Crippen molar-refractivity contribution in [2.45, 2.75) is 19.3 Å². The number of methoxy groups -OCH3 is 2. The van der Waals surface area contributed by atoms with Gasteiger partial charge in [-0.3, -0.25) is 4.90 Å². The molecule has 4 aromatic rings. The fourth-order valence-electron chi connectivity index (χ4n) is 4.03. The Bertz CT molecular complexity index is 1480.